The lowest BCUT2D eigenvalue weighted by Gasteiger charge is -2.17. The Morgan fingerprint density at radius 3 is 2.86 bits per heavy atom. The van der Waals surface area contributed by atoms with Gasteiger partial charge in [0.25, 0.3) is 0 Å². The number of benzene rings is 1. The van der Waals surface area contributed by atoms with Crippen molar-refractivity contribution in [2.24, 2.45) is 0 Å². The highest BCUT2D eigenvalue weighted by Crippen LogP contribution is 2.31. The highest BCUT2D eigenvalue weighted by molar-refractivity contribution is 5.95. The van der Waals surface area contributed by atoms with E-state index in [4.69, 9.17) is 14.8 Å². The number of pyridine rings is 1. The first-order valence-electron chi connectivity index (χ1n) is 9.66. The normalized spacial score (nSPS) is 19.5. The Kier molecular flexibility index (Phi) is 4.37. The quantitative estimate of drug-likeness (QED) is 0.701. The van der Waals surface area contributed by atoms with Crippen LogP contribution in [0.25, 0.3) is 22.9 Å². The lowest BCUT2D eigenvalue weighted by molar-refractivity contribution is -0.117. The smallest absolute Gasteiger partial charge is 0.227 e. The van der Waals surface area contributed by atoms with Gasteiger partial charge in [-0.3, -0.25) is 9.78 Å². The molecule has 2 saturated heterocycles. The summed E-state index contributed by atoms with van der Waals surface area (Å²) in [5.74, 6) is 1.56. The van der Waals surface area contributed by atoms with Gasteiger partial charge in [-0.25, -0.2) is 9.67 Å². The third kappa shape index (κ3) is 3.07. The molecule has 5 rings (SSSR count). The zero-order valence-corrected chi connectivity index (χ0v) is 15.5. The van der Waals surface area contributed by atoms with E-state index in [-0.39, 0.29) is 11.9 Å². The lowest BCUT2D eigenvalue weighted by Crippen LogP contribution is -2.23. The Balaban J connectivity index is 1.58. The summed E-state index contributed by atoms with van der Waals surface area (Å²) in [6.45, 7) is 2.12. The van der Waals surface area contributed by atoms with Crippen LogP contribution in [-0.2, 0) is 9.53 Å². The maximum atomic E-state index is 12.2. The molecule has 0 spiro atoms. The van der Waals surface area contributed by atoms with Gasteiger partial charge in [0.2, 0.25) is 5.91 Å². The number of anilines is 1. The fraction of sp³-hybridized carbons (Fsp3) is 0.333. The molecular weight excluding hydrogens is 354 g/mol. The van der Waals surface area contributed by atoms with Gasteiger partial charge in [0.05, 0.1) is 12.6 Å². The van der Waals surface area contributed by atoms with E-state index in [0.717, 1.165) is 48.8 Å². The fourth-order valence-electron chi connectivity index (χ4n) is 3.83. The SMILES string of the molecule is O=C1CCCN1c1cccc(-c2nc(-c3ccccn3)nn2C2CCOC2)c1. The zero-order chi connectivity index (χ0) is 18.9. The first-order chi connectivity index (χ1) is 13.8. The number of amides is 1. The number of rotatable bonds is 4. The van der Waals surface area contributed by atoms with Crippen molar-refractivity contribution in [3.05, 3.63) is 48.7 Å². The second kappa shape index (κ2) is 7.16. The van der Waals surface area contributed by atoms with Gasteiger partial charge in [-0.2, -0.15) is 0 Å². The molecule has 0 radical (unpaired) electrons. The molecule has 1 atom stereocenters. The number of nitrogens with zero attached hydrogens (tertiary/aromatic N) is 5. The third-order valence-electron chi connectivity index (χ3n) is 5.27. The number of hydrogen-bond acceptors (Lipinski definition) is 5. The maximum absolute atomic E-state index is 12.2. The molecule has 0 N–H and O–H groups in total. The van der Waals surface area contributed by atoms with E-state index in [1.54, 1.807) is 6.20 Å². The molecule has 2 aliphatic heterocycles. The summed E-state index contributed by atoms with van der Waals surface area (Å²) in [5, 5.41) is 4.76. The summed E-state index contributed by atoms with van der Waals surface area (Å²) in [6.07, 6.45) is 4.17. The minimum atomic E-state index is 0.150. The Labute approximate surface area is 163 Å². The standard InChI is InChI=1S/C21H21N5O2/c27-19-8-4-11-25(19)16-6-3-5-15(13-16)21-23-20(18-7-1-2-10-22-18)24-26(21)17-9-12-28-14-17/h1-3,5-7,10,13,17H,4,8-9,11-12,14H2. The molecule has 28 heavy (non-hydrogen) atoms. The summed E-state index contributed by atoms with van der Waals surface area (Å²) in [4.78, 5) is 23.2. The van der Waals surface area contributed by atoms with E-state index in [1.165, 1.54) is 0 Å². The Morgan fingerprint density at radius 1 is 1.14 bits per heavy atom. The highest BCUT2D eigenvalue weighted by atomic mass is 16.5. The van der Waals surface area contributed by atoms with Crippen molar-refractivity contribution in [1.29, 1.82) is 0 Å². The molecule has 0 saturated carbocycles. The molecule has 0 bridgehead atoms. The number of aromatic nitrogens is 4. The summed E-state index contributed by atoms with van der Waals surface area (Å²) in [7, 11) is 0. The van der Waals surface area contributed by atoms with Crippen LogP contribution < -0.4 is 4.90 Å². The van der Waals surface area contributed by atoms with Crippen LogP contribution in [0, 0.1) is 0 Å². The van der Waals surface area contributed by atoms with Crippen molar-refractivity contribution in [3.8, 4) is 22.9 Å². The van der Waals surface area contributed by atoms with Crippen LogP contribution in [0.15, 0.2) is 48.7 Å². The molecular formula is C21H21N5O2. The predicted octanol–water partition coefficient (Wildman–Crippen LogP) is 3.10. The van der Waals surface area contributed by atoms with Gasteiger partial charge >= 0.3 is 0 Å². The average molecular weight is 375 g/mol. The van der Waals surface area contributed by atoms with E-state index in [0.29, 0.717) is 18.9 Å². The third-order valence-corrected chi connectivity index (χ3v) is 5.27. The second-order valence-electron chi connectivity index (χ2n) is 7.14. The lowest BCUT2D eigenvalue weighted by atomic mass is 10.1. The van der Waals surface area contributed by atoms with Crippen molar-refractivity contribution < 1.29 is 9.53 Å². The van der Waals surface area contributed by atoms with Crippen molar-refractivity contribution in [3.63, 3.8) is 0 Å². The van der Waals surface area contributed by atoms with Crippen molar-refractivity contribution in [2.75, 3.05) is 24.7 Å². The molecule has 7 heteroatoms. The van der Waals surface area contributed by atoms with Crippen molar-refractivity contribution in [2.45, 2.75) is 25.3 Å². The molecule has 1 aromatic carbocycles. The Hall–Kier alpha value is -3.06. The van der Waals surface area contributed by atoms with E-state index >= 15 is 0 Å². The maximum Gasteiger partial charge on any atom is 0.227 e. The molecule has 142 valence electrons. The molecule has 7 nitrogen and oxygen atoms in total. The van der Waals surface area contributed by atoms with Crippen LogP contribution >= 0.6 is 0 Å². The molecule has 1 amide bonds. The summed E-state index contributed by atoms with van der Waals surface area (Å²) in [5.41, 5.74) is 2.60. The van der Waals surface area contributed by atoms with E-state index < -0.39 is 0 Å². The van der Waals surface area contributed by atoms with Crippen LogP contribution in [0.5, 0.6) is 0 Å². The van der Waals surface area contributed by atoms with Crippen LogP contribution in [0.4, 0.5) is 5.69 Å². The van der Waals surface area contributed by atoms with Gasteiger partial charge in [0.1, 0.15) is 5.69 Å². The van der Waals surface area contributed by atoms with Gasteiger partial charge in [0, 0.05) is 37.0 Å². The monoisotopic (exact) mass is 375 g/mol. The first-order valence-corrected chi connectivity index (χ1v) is 9.66. The molecule has 2 fully saturated rings. The highest BCUT2D eigenvalue weighted by Gasteiger charge is 2.26. The van der Waals surface area contributed by atoms with E-state index in [1.807, 2.05) is 52.0 Å². The molecule has 2 aliphatic rings. The molecule has 1 unspecified atom stereocenters. The van der Waals surface area contributed by atoms with Gasteiger partial charge in [-0.1, -0.05) is 18.2 Å². The number of hydrogen-bond donors (Lipinski definition) is 0. The van der Waals surface area contributed by atoms with E-state index in [9.17, 15) is 4.79 Å². The minimum absolute atomic E-state index is 0.150. The van der Waals surface area contributed by atoms with Crippen LogP contribution in [0.3, 0.4) is 0 Å². The average Bonchev–Trinajstić information content (AvgIpc) is 3.49. The van der Waals surface area contributed by atoms with Crippen LogP contribution in [0.2, 0.25) is 0 Å². The summed E-state index contributed by atoms with van der Waals surface area (Å²) in [6, 6.07) is 13.9. The van der Waals surface area contributed by atoms with Gasteiger partial charge < -0.3 is 9.64 Å². The largest absolute Gasteiger partial charge is 0.379 e. The van der Waals surface area contributed by atoms with Crippen LogP contribution in [0.1, 0.15) is 25.3 Å². The molecule has 4 heterocycles. The first kappa shape index (κ1) is 17.1. The Bertz CT molecular complexity index is 995. The second-order valence-corrected chi connectivity index (χ2v) is 7.14. The van der Waals surface area contributed by atoms with E-state index in [2.05, 4.69) is 4.98 Å². The van der Waals surface area contributed by atoms with Crippen molar-refractivity contribution >= 4 is 11.6 Å². The summed E-state index contributed by atoms with van der Waals surface area (Å²) < 4.78 is 7.54. The Morgan fingerprint density at radius 2 is 2.11 bits per heavy atom. The number of carbonyl (C=O) groups excluding carboxylic acids is 1. The van der Waals surface area contributed by atoms with Gasteiger partial charge in [-0.05, 0) is 37.1 Å². The van der Waals surface area contributed by atoms with Gasteiger partial charge in [0.15, 0.2) is 11.6 Å². The number of carbonyl (C=O) groups is 1. The van der Waals surface area contributed by atoms with Crippen molar-refractivity contribution in [1.82, 2.24) is 19.7 Å². The molecule has 2 aromatic heterocycles. The van der Waals surface area contributed by atoms with Crippen LogP contribution in [-0.4, -0.2) is 45.4 Å². The minimum Gasteiger partial charge on any atom is -0.379 e. The predicted molar refractivity (Wildman–Crippen MR) is 105 cm³/mol. The molecule has 3 aromatic rings. The number of ether oxygens (including phenoxy) is 1. The molecule has 0 aliphatic carbocycles. The fourth-order valence-corrected chi connectivity index (χ4v) is 3.83. The topological polar surface area (TPSA) is 73.1 Å². The zero-order valence-electron chi connectivity index (χ0n) is 15.5. The van der Waals surface area contributed by atoms with Gasteiger partial charge in [-0.15, -0.1) is 5.10 Å². The summed E-state index contributed by atoms with van der Waals surface area (Å²) >= 11 is 0.